The molecule has 0 aliphatic carbocycles. The van der Waals surface area contributed by atoms with Crippen molar-refractivity contribution in [2.45, 2.75) is 32.3 Å². The van der Waals surface area contributed by atoms with Crippen LogP contribution in [0.15, 0.2) is 4.52 Å². The fourth-order valence-corrected chi connectivity index (χ4v) is 2.09. The summed E-state index contributed by atoms with van der Waals surface area (Å²) in [5.74, 6) is -0.358. The number of ether oxygens (including phenoxy) is 3. The van der Waals surface area contributed by atoms with Crippen LogP contribution in [0.4, 0.5) is 0 Å². The van der Waals surface area contributed by atoms with Crippen LogP contribution in [0.25, 0.3) is 0 Å². The summed E-state index contributed by atoms with van der Waals surface area (Å²) in [6, 6.07) is 0. The van der Waals surface area contributed by atoms with Gasteiger partial charge in [-0.15, -0.1) is 0 Å². The normalized spacial score (nSPS) is 18.2. The smallest absolute Gasteiger partial charge is 0.397 e. The number of hydrogen-bond acceptors (Lipinski definition) is 7. The SMILES string of the molecule is CCOC(=O)c1nc(C2(OCC)CCOCC2)no1. The van der Waals surface area contributed by atoms with E-state index < -0.39 is 11.6 Å². The molecule has 1 aromatic rings. The molecule has 1 fully saturated rings. The molecule has 0 N–H and O–H groups in total. The van der Waals surface area contributed by atoms with E-state index in [1.54, 1.807) is 6.92 Å². The van der Waals surface area contributed by atoms with Crippen molar-refractivity contribution in [2.24, 2.45) is 0 Å². The summed E-state index contributed by atoms with van der Waals surface area (Å²) < 4.78 is 20.9. The Bertz CT molecular complexity index is 420. The Kier molecular flexibility index (Phi) is 4.49. The van der Waals surface area contributed by atoms with Crippen LogP contribution < -0.4 is 0 Å². The molecule has 1 aliphatic rings. The summed E-state index contributed by atoms with van der Waals surface area (Å²) in [5, 5.41) is 3.87. The number of nitrogens with zero attached hydrogens (tertiary/aromatic N) is 2. The molecule has 1 aromatic heterocycles. The molecule has 106 valence electrons. The molecular formula is C12H18N2O5. The van der Waals surface area contributed by atoms with Gasteiger partial charge >= 0.3 is 11.9 Å². The molecule has 0 spiro atoms. The molecule has 0 aromatic carbocycles. The van der Waals surface area contributed by atoms with Crippen molar-refractivity contribution >= 4 is 5.97 Å². The summed E-state index contributed by atoms with van der Waals surface area (Å²) in [5.41, 5.74) is -0.624. The maximum Gasteiger partial charge on any atom is 0.397 e. The summed E-state index contributed by atoms with van der Waals surface area (Å²) in [6.45, 7) is 5.57. The van der Waals surface area contributed by atoms with E-state index in [4.69, 9.17) is 18.7 Å². The van der Waals surface area contributed by atoms with Gasteiger partial charge in [-0.2, -0.15) is 4.98 Å². The summed E-state index contributed by atoms with van der Waals surface area (Å²) in [7, 11) is 0. The van der Waals surface area contributed by atoms with Crippen molar-refractivity contribution < 1.29 is 23.5 Å². The number of esters is 1. The molecule has 2 rings (SSSR count). The summed E-state index contributed by atoms with van der Waals surface area (Å²) >= 11 is 0. The molecule has 0 unspecified atom stereocenters. The Morgan fingerprint density at radius 3 is 2.68 bits per heavy atom. The number of carbonyl (C=O) groups is 1. The van der Waals surface area contributed by atoms with E-state index in [-0.39, 0.29) is 12.5 Å². The van der Waals surface area contributed by atoms with Crippen LogP contribution >= 0.6 is 0 Å². The van der Waals surface area contributed by atoms with Crippen molar-refractivity contribution in [1.82, 2.24) is 10.1 Å². The number of rotatable bonds is 5. The monoisotopic (exact) mass is 270 g/mol. The lowest BCUT2D eigenvalue weighted by Gasteiger charge is -2.33. The lowest BCUT2D eigenvalue weighted by Crippen LogP contribution is -2.37. The minimum Gasteiger partial charge on any atom is -0.459 e. The Morgan fingerprint density at radius 1 is 1.32 bits per heavy atom. The van der Waals surface area contributed by atoms with Gasteiger partial charge in [-0.3, -0.25) is 0 Å². The molecule has 0 atom stereocenters. The van der Waals surface area contributed by atoms with Crippen LogP contribution in [0.5, 0.6) is 0 Å². The highest BCUT2D eigenvalue weighted by molar-refractivity contribution is 5.83. The average Bonchev–Trinajstić information content (AvgIpc) is 2.91. The first-order valence-corrected chi connectivity index (χ1v) is 6.45. The van der Waals surface area contributed by atoms with E-state index in [9.17, 15) is 4.79 Å². The largest absolute Gasteiger partial charge is 0.459 e. The molecular weight excluding hydrogens is 252 g/mol. The van der Waals surface area contributed by atoms with Gasteiger partial charge in [0.2, 0.25) is 5.82 Å². The second kappa shape index (κ2) is 6.12. The zero-order valence-electron chi connectivity index (χ0n) is 11.2. The fraction of sp³-hybridized carbons (Fsp3) is 0.750. The highest BCUT2D eigenvalue weighted by Crippen LogP contribution is 2.34. The average molecular weight is 270 g/mol. The molecule has 2 heterocycles. The molecule has 1 aliphatic heterocycles. The summed E-state index contributed by atoms with van der Waals surface area (Å²) in [4.78, 5) is 15.6. The predicted molar refractivity (Wildman–Crippen MR) is 63.6 cm³/mol. The van der Waals surface area contributed by atoms with Crippen LogP contribution in [-0.4, -0.2) is 42.5 Å². The molecule has 0 radical (unpaired) electrons. The molecule has 0 bridgehead atoms. The van der Waals surface area contributed by atoms with Crippen molar-refractivity contribution in [3.8, 4) is 0 Å². The Morgan fingerprint density at radius 2 is 2.05 bits per heavy atom. The van der Waals surface area contributed by atoms with Gasteiger partial charge in [0.05, 0.1) is 6.61 Å². The Hall–Kier alpha value is -1.47. The van der Waals surface area contributed by atoms with Gasteiger partial charge in [-0.05, 0) is 13.8 Å². The van der Waals surface area contributed by atoms with Crippen LogP contribution in [0.3, 0.4) is 0 Å². The van der Waals surface area contributed by atoms with E-state index in [0.29, 0.717) is 38.5 Å². The van der Waals surface area contributed by atoms with E-state index in [2.05, 4.69) is 10.1 Å². The lowest BCUT2D eigenvalue weighted by molar-refractivity contribution is -0.118. The molecule has 1 saturated heterocycles. The van der Waals surface area contributed by atoms with E-state index in [1.807, 2.05) is 6.92 Å². The van der Waals surface area contributed by atoms with Gasteiger partial charge in [0.1, 0.15) is 5.60 Å². The van der Waals surface area contributed by atoms with Gasteiger partial charge in [0.15, 0.2) is 0 Å². The van der Waals surface area contributed by atoms with Crippen LogP contribution in [0, 0.1) is 0 Å². The second-order valence-corrected chi connectivity index (χ2v) is 4.18. The highest BCUT2D eigenvalue weighted by atomic mass is 16.6. The molecule has 7 heteroatoms. The third-order valence-corrected chi connectivity index (χ3v) is 3.00. The van der Waals surface area contributed by atoms with Crippen molar-refractivity contribution in [3.05, 3.63) is 11.7 Å². The number of hydrogen-bond donors (Lipinski definition) is 0. The number of aromatic nitrogens is 2. The maximum atomic E-state index is 11.5. The van der Waals surface area contributed by atoms with Gasteiger partial charge in [-0.25, -0.2) is 4.79 Å². The third kappa shape index (κ3) is 2.93. The fourth-order valence-electron chi connectivity index (χ4n) is 2.09. The van der Waals surface area contributed by atoms with Crippen LogP contribution in [-0.2, 0) is 19.8 Å². The van der Waals surface area contributed by atoms with Gasteiger partial charge in [-0.1, -0.05) is 5.16 Å². The molecule has 0 amide bonds. The van der Waals surface area contributed by atoms with Crippen LogP contribution in [0.1, 0.15) is 43.2 Å². The van der Waals surface area contributed by atoms with E-state index in [0.717, 1.165) is 0 Å². The maximum absolute atomic E-state index is 11.5. The first-order valence-electron chi connectivity index (χ1n) is 6.45. The molecule has 19 heavy (non-hydrogen) atoms. The van der Waals surface area contributed by atoms with E-state index in [1.165, 1.54) is 0 Å². The van der Waals surface area contributed by atoms with Gasteiger partial charge in [0, 0.05) is 32.7 Å². The zero-order valence-corrected chi connectivity index (χ0v) is 11.2. The minimum absolute atomic E-state index is 0.137. The predicted octanol–water partition coefficient (Wildman–Crippen LogP) is 1.29. The standard InChI is InChI=1S/C12H18N2O5/c1-3-17-10(15)9-13-11(14-19-9)12(18-4-2)5-7-16-8-6-12/h3-8H2,1-2H3. The first kappa shape index (κ1) is 14.0. The lowest BCUT2D eigenvalue weighted by atomic mass is 9.93. The van der Waals surface area contributed by atoms with Crippen molar-refractivity contribution in [3.63, 3.8) is 0 Å². The quantitative estimate of drug-likeness (QED) is 0.745. The van der Waals surface area contributed by atoms with E-state index >= 15 is 0 Å². The minimum atomic E-state index is -0.624. The topological polar surface area (TPSA) is 83.7 Å². The van der Waals surface area contributed by atoms with Crippen LogP contribution in [0.2, 0.25) is 0 Å². The second-order valence-electron chi connectivity index (χ2n) is 4.18. The summed E-state index contributed by atoms with van der Waals surface area (Å²) in [6.07, 6.45) is 1.28. The Labute approximate surface area is 111 Å². The molecule has 7 nitrogen and oxygen atoms in total. The van der Waals surface area contributed by atoms with Gasteiger partial charge in [0.25, 0.3) is 0 Å². The third-order valence-electron chi connectivity index (χ3n) is 3.00. The number of carbonyl (C=O) groups excluding carboxylic acids is 1. The van der Waals surface area contributed by atoms with Gasteiger partial charge < -0.3 is 18.7 Å². The Balaban J connectivity index is 2.20. The molecule has 0 saturated carbocycles. The first-order chi connectivity index (χ1) is 9.22. The highest BCUT2D eigenvalue weighted by Gasteiger charge is 2.40. The van der Waals surface area contributed by atoms with Crippen molar-refractivity contribution in [1.29, 1.82) is 0 Å². The van der Waals surface area contributed by atoms with Crippen molar-refractivity contribution in [2.75, 3.05) is 26.4 Å². The zero-order chi connectivity index (χ0) is 13.7.